The van der Waals surface area contributed by atoms with Gasteiger partial charge in [0.15, 0.2) is 0 Å². The first kappa shape index (κ1) is 15.2. The Labute approximate surface area is 132 Å². The summed E-state index contributed by atoms with van der Waals surface area (Å²) in [5.74, 6) is -1.21. The number of carbonyl (C=O) groups is 2. The van der Waals surface area contributed by atoms with Gasteiger partial charge in [-0.1, -0.05) is 0 Å². The molecule has 2 aromatic rings. The topological polar surface area (TPSA) is 92.1 Å². The summed E-state index contributed by atoms with van der Waals surface area (Å²) in [6.45, 7) is 0.923. The first-order valence-electron chi connectivity index (χ1n) is 7.44. The summed E-state index contributed by atoms with van der Waals surface area (Å²) in [6, 6.07) is 7.51. The molecule has 2 amide bonds. The van der Waals surface area contributed by atoms with E-state index in [4.69, 9.17) is 5.73 Å². The fraction of sp³-hybridized carbons (Fsp3) is 0.312. The van der Waals surface area contributed by atoms with Crippen LogP contribution in [0.25, 0.3) is 11.3 Å². The lowest BCUT2D eigenvalue weighted by molar-refractivity contribution is -0.123. The second-order valence-corrected chi connectivity index (χ2v) is 5.67. The van der Waals surface area contributed by atoms with Crippen molar-refractivity contribution in [2.24, 2.45) is 11.7 Å². The van der Waals surface area contributed by atoms with E-state index >= 15 is 0 Å². The number of piperidine rings is 1. The molecule has 3 rings (SSSR count). The van der Waals surface area contributed by atoms with Crippen LogP contribution in [0.1, 0.15) is 23.3 Å². The predicted octanol–water partition coefficient (Wildman–Crippen LogP) is 1.55. The molecular formula is C16H17FN4O2. The van der Waals surface area contributed by atoms with E-state index in [9.17, 15) is 14.0 Å². The van der Waals surface area contributed by atoms with Crippen molar-refractivity contribution in [3.8, 4) is 11.3 Å². The summed E-state index contributed by atoms with van der Waals surface area (Å²) in [5.41, 5.74) is 6.96. The number of nitrogens with two attached hydrogens (primary N) is 1. The number of benzene rings is 1. The Morgan fingerprint density at radius 1 is 1.30 bits per heavy atom. The molecule has 0 spiro atoms. The second-order valence-electron chi connectivity index (χ2n) is 5.67. The molecule has 1 aliphatic heterocycles. The molecule has 0 radical (unpaired) electrons. The van der Waals surface area contributed by atoms with Gasteiger partial charge in [0.1, 0.15) is 11.5 Å². The van der Waals surface area contributed by atoms with Gasteiger partial charge in [0.05, 0.1) is 11.6 Å². The standard InChI is InChI=1S/C16H17FN4O2/c17-12-5-3-10(4-6-12)13-8-14(20-19-13)16(23)21-7-1-2-11(9-21)15(18)22/h3-6,8,11H,1-2,7,9H2,(H2,18,22)(H,19,20)/t11-/m1/s1. The maximum Gasteiger partial charge on any atom is 0.271 e. The van der Waals surface area contributed by atoms with Gasteiger partial charge in [-0.2, -0.15) is 5.10 Å². The number of H-pyrrole nitrogens is 1. The molecule has 120 valence electrons. The summed E-state index contributed by atoms with van der Waals surface area (Å²) < 4.78 is 13.0. The summed E-state index contributed by atoms with van der Waals surface area (Å²) in [5, 5.41) is 6.81. The average molecular weight is 316 g/mol. The van der Waals surface area contributed by atoms with Crippen LogP contribution >= 0.6 is 0 Å². The van der Waals surface area contributed by atoms with Crippen LogP contribution in [0, 0.1) is 11.7 Å². The van der Waals surface area contributed by atoms with Gasteiger partial charge in [-0.05, 0) is 43.2 Å². The van der Waals surface area contributed by atoms with Crippen LogP contribution in [0.4, 0.5) is 4.39 Å². The Bertz CT molecular complexity index is 726. The Kier molecular flexibility index (Phi) is 4.10. The Hall–Kier alpha value is -2.70. The normalized spacial score (nSPS) is 18.0. The van der Waals surface area contributed by atoms with E-state index in [0.717, 1.165) is 12.0 Å². The summed E-state index contributed by atoms with van der Waals surface area (Å²) in [7, 11) is 0. The molecule has 1 aromatic carbocycles. The average Bonchev–Trinajstić information content (AvgIpc) is 3.05. The van der Waals surface area contributed by atoms with Crippen molar-refractivity contribution in [1.29, 1.82) is 0 Å². The summed E-state index contributed by atoms with van der Waals surface area (Å²) in [4.78, 5) is 25.4. The monoisotopic (exact) mass is 316 g/mol. The van der Waals surface area contributed by atoms with Gasteiger partial charge in [0.2, 0.25) is 5.91 Å². The SMILES string of the molecule is NC(=O)[C@@H]1CCCN(C(=O)c2cc(-c3ccc(F)cc3)n[nH]2)C1. The van der Waals surface area contributed by atoms with Crippen molar-refractivity contribution >= 4 is 11.8 Å². The highest BCUT2D eigenvalue weighted by Crippen LogP contribution is 2.21. The number of aromatic nitrogens is 2. The van der Waals surface area contributed by atoms with Crippen molar-refractivity contribution in [3.63, 3.8) is 0 Å². The van der Waals surface area contributed by atoms with E-state index in [1.807, 2.05) is 0 Å². The number of nitrogens with one attached hydrogen (secondary N) is 1. The molecule has 1 atom stereocenters. The largest absolute Gasteiger partial charge is 0.369 e. The van der Waals surface area contributed by atoms with Gasteiger partial charge in [0.25, 0.3) is 5.91 Å². The highest BCUT2D eigenvalue weighted by atomic mass is 19.1. The number of hydrogen-bond acceptors (Lipinski definition) is 3. The number of nitrogens with zero attached hydrogens (tertiary/aromatic N) is 2. The Balaban J connectivity index is 1.75. The third-order valence-corrected chi connectivity index (χ3v) is 4.06. The lowest BCUT2D eigenvalue weighted by Crippen LogP contribution is -2.44. The molecule has 3 N–H and O–H groups in total. The fourth-order valence-corrected chi connectivity index (χ4v) is 2.76. The zero-order chi connectivity index (χ0) is 16.4. The number of carbonyl (C=O) groups excluding carboxylic acids is 2. The minimum absolute atomic E-state index is 0.211. The van der Waals surface area contributed by atoms with Crippen molar-refractivity contribution in [2.45, 2.75) is 12.8 Å². The van der Waals surface area contributed by atoms with E-state index in [0.29, 0.717) is 30.9 Å². The molecular weight excluding hydrogens is 299 g/mol. The third-order valence-electron chi connectivity index (χ3n) is 4.06. The molecule has 1 fully saturated rings. The van der Waals surface area contributed by atoms with E-state index in [2.05, 4.69) is 10.2 Å². The maximum atomic E-state index is 13.0. The van der Waals surface area contributed by atoms with Crippen LogP contribution in [-0.4, -0.2) is 40.0 Å². The zero-order valence-corrected chi connectivity index (χ0v) is 12.5. The molecule has 0 bridgehead atoms. The molecule has 0 unspecified atom stereocenters. The number of hydrogen-bond donors (Lipinski definition) is 2. The van der Waals surface area contributed by atoms with Gasteiger partial charge in [-0.3, -0.25) is 14.7 Å². The molecule has 1 saturated heterocycles. The van der Waals surface area contributed by atoms with E-state index in [-0.39, 0.29) is 23.5 Å². The zero-order valence-electron chi connectivity index (χ0n) is 12.5. The minimum atomic E-state index is -0.376. The molecule has 23 heavy (non-hydrogen) atoms. The Morgan fingerprint density at radius 2 is 2.04 bits per heavy atom. The highest BCUT2D eigenvalue weighted by molar-refractivity contribution is 5.94. The fourth-order valence-electron chi connectivity index (χ4n) is 2.76. The molecule has 6 nitrogen and oxygen atoms in total. The van der Waals surface area contributed by atoms with Crippen LogP contribution in [0.3, 0.4) is 0 Å². The van der Waals surface area contributed by atoms with Crippen molar-refractivity contribution < 1.29 is 14.0 Å². The molecule has 1 aliphatic rings. The van der Waals surface area contributed by atoms with Crippen LogP contribution in [0.2, 0.25) is 0 Å². The van der Waals surface area contributed by atoms with Gasteiger partial charge in [0, 0.05) is 18.7 Å². The van der Waals surface area contributed by atoms with Gasteiger partial charge in [-0.15, -0.1) is 0 Å². The first-order chi connectivity index (χ1) is 11.0. The van der Waals surface area contributed by atoms with Crippen LogP contribution < -0.4 is 5.73 Å². The van der Waals surface area contributed by atoms with Crippen molar-refractivity contribution in [2.75, 3.05) is 13.1 Å². The molecule has 0 saturated carbocycles. The number of halogens is 1. The predicted molar refractivity (Wildman–Crippen MR) is 81.8 cm³/mol. The van der Waals surface area contributed by atoms with Crippen LogP contribution in [0.15, 0.2) is 30.3 Å². The smallest absolute Gasteiger partial charge is 0.271 e. The van der Waals surface area contributed by atoms with Gasteiger partial charge < -0.3 is 10.6 Å². The minimum Gasteiger partial charge on any atom is -0.369 e. The lowest BCUT2D eigenvalue weighted by Gasteiger charge is -2.30. The maximum absolute atomic E-state index is 13.0. The van der Waals surface area contributed by atoms with Crippen LogP contribution in [-0.2, 0) is 4.79 Å². The van der Waals surface area contributed by atoms with E-state index in [1.165, 1.54) is 12.1 Å². The Morgan fingerprint density at radius 3 is 2.74 bits per heavy atom. The number of rotatable bonds is 3. The van der Waals surface area contributed by atoms with E-state index < -0.39 is 0 Å². The van der Waals surface area contributed by atoms with Crippen LogP contribution in [0.5, 0.6) is 0 Å². The van der Waals surface area contributed by atoms with E-state index in [1.54, 1.807) is 23.1 Å². The molecule has 2 heterocycles. The second kappa shape index (κ2) is 6.20. The van der Waals surface area contributed by atoms with Crippen molar-refractivity contribution in [1.82, 2.24) is 15.1 Å². The van der Waals surface area contributed by atoms with Gasteiger partial charge in [-0.25, -0.2) is 4.39 Å². The first-order valence-corrected chi connectivity index (χ1v) is 7.44. The molecule has 0 aliphatic carbocycles. The lowest BCUT2D eigenvalue weighted by atomic mass is 9.97. The highest BCUT2D eigenvalue weighted by Gasteiger charge is 2.28. The quantitative estimate of drug-likeness (QED) is 0.900. The summed E-state index contributed by atoms with van der Waals surface area (Å²) >= 11 is 0. The number of aromatic amines is 1. The molecule has 1 aromatic heterocycles. The van der Waals surface area contributed by atoms with Crippen molar-refractivity contribution in [3.05, 3.63) is 41.8 Å². The molecule has 7 heteroatoms. The third kappa shape index (κ3) is 3.23. The number of likely N-dealkylation sites (tertiary alicyclic amines) is 1. The number of amides is 2. The van der Waals surface area contributed by atoms with Gasteiger partial charge >= 0.3 is 0 Å². The number of primary amides is 1. The summed E-state index contributed by atoms with van der Waals surface area (Å²) in [6.07, 6.45) is 1.46.